The Hall–Kier alpha value is -0.466. The van der Waals surface area contributed by atoms with E-state index in [-0.39, 0.29) is 18.2 Å². The SMILES string of the molecule is NC([SiH2]O[SiH3])C(CO)c1ccccc1. The zero-order valence-electron chi connectivity index (χ0n) is 8.39. The number of rotatable bonds is 5. The van der Waals surface area contributed by atoms with Crippen molar-refractivity contribution in [3.05, 3.63) is 35.9 Å². The molecule has 1 aromatic rings. The monoisotopic (exact) mass is 227 g/mol. The highest BCUT2D eigenvalue weighted by Gasteiger charge is 2.18. The summed E-state index contributed by atoms with van der Waals surface area (Å²) in [7, 11) is 0.0710. The van der Waals surface area contributed by atoms with E-state index in [4.69, 9.17) is 9.85 Å². The fraction of sp³-hybridized carbons (Fsp3) is 0.333. The molecule has 0 radical (unpaired) electrons. The van der Waals surface area contributed by atoms with Gasteiger partial charge in [0.1, 0.15) is 10.5 Å². The van der Waals surface area contributed by atoms with E-state index in [1.807, 2.05) is 30.3 Å². The smallest absolute Gasteiger partial charge is 0.163 e. The van der Waals surface area contributed by atoms with E-state index >= 15 is 0 Å². The number of benzene rings is 1. The van der Waals surface area contributed by atoms with Gasteiger partial charge in [0, 0.05) is 11.6 Å². The van der Waals surface area contributed by atoms with Crippen molar-refractivity contribution in [2.24, 2.45) is 5.73 Å². The van der Waals surface area contributed by atoms with Crippen molar-refractivity contribution in [2.75, 3.05) is 6.61 Å². The summed E-state index contributed by atoms with van der Waals surface area (Å²) in [5.74, 6) is 0.0387. The third-order valence-electron chi connectivity index (χ3n) is 2.30. The number of hydrogen-bond acceptors (Lipinski definition) is 3. The summed E-state index contributed by atoms with van der Waals surface area (Å²) in [5.41, 5.74) is 7.09. The van der Waals surface area contributed by atoms with Gasteiger partial charge in [0.15, 0.2) is 9.76 Å². The van der Waals surface area contributed by atoms with Crippen molar-refractivity contribution in [3.63, 3.8) is 0 Å². The van der Waals surface area contributed by atoms with Crippen molar-refractivity contribution in [3.8, 4) is 0 Å². The van der Waals surface area contributed by atoms with Gasteiger partial charge >= 0.3 is 0 Å². The van der Waals surface area contributed by atoms with E-state index in [9.17, 15) is 5.11 Å². The molecule has 5 heteroatoms. The lowest BCUT2D eigenvalue weighted by molar-refractivity contribution is 0.259. The Morgan fingerprint density at radius 1 is 1.43 bits per heavy atom. The van der Waals surface area contributed by atoms with Gasteiger partial charge in [0.2, 0.25) is 0 Å². The van der Waals surface area contributed by atoms with E-state index in [0.29, 0.717) is 0 Å². The van der Waals surface area contributed by atoms with Crippen LogP contribution in [0.4, 0.5) is 0 Å². The molecule has 1 rings (SSSR count). The molecule has 0 saturated heterocycles. The second-order valence-corrected chi connectivity index (χ2v) is 6.90. The van der Waals surface area contributed by atoms with Gasteiger partial charge < -0.3 is 15.0 Å². The number of aliphatic hydroxyl groups excluding tert-OH is 1. The van der Waals surface area contributed by atoms with Gasteiger partial charge in [-0.2, -0.15) is 0 Å². The minimum absolute atomic E-state index is 0.0138. The Bertz CT molecular complexity index is 258. The van der Waals surface area contributed by atoms with Crippen LogP contribution in [0.15, 0.2) is 30.3 Å². The summed E-state index contributed by atoms with van der Waals surface area (Å²) in [4.78, 5) is 0. The van der Waals surface area contributed by atoms with Crippen molar-refractivity contribution in [2.45, 2.75) is 11.6 Å². The zero-order valence-corrected chi connectivity index (χ0v) is 11.8. The first-order chi connectivity index (χ1) is 6.79. The molecule has 0 bridgehead atoms. The molecule has 14 heavy (non-hydrogen) atoms. The Kier molecular flexibility index (Phi) is 5.06. The van der Waals surface area contributed by atoms with Gasteiger partial charge in [0.25, 0.3) is 0 Å². The maximum Gasteiger partial charge on any atom is 0.163 e. The van der Waals surface area contributed by atoms with Crippen LogP contribution < -0.4 is 5.73 Å². The molecule has 0 aromatic heterocycles. The first kappa shape index (κ1) is 11.6. The molecule has 0 heterocycles. The minimum atomic E-state index is -0.677. The molecule has 0 spiro atoms. The summed E-state index contributed by atoms with van der Waals surface area (Å²) < 4.78 is 5.25. The van der Waals surface area contributed by atoms with E-state index in [1.165, 1.54) is 0 Å². The van der Waals surface area contributed by atoms with Crippen LogP contribution in [0.1, 0.15) is 11.5 Å². The van der Waals surface area contributed by atoms with Gasteiger partial charge in [0.05, 0.1) is 6.61 Å². The summed E-state index contributed by atoms with van der Waals surface area (Å²) in [6, 6.07) is 9.90. The lowest BCUT2D eigenvalue weighted by Gasteiger charge is -2.21. The Morgan fingerprint density at radius 3 is 2.57 bits per heavy atom. The second kappa shape index (κ2) is 6.10. The van der Waals surface area contributed by atoms with Crippen LogP contribution in [0.5, 0.6) is 0 Å². The predicted octanol–water partition coefficient (Wildman–Crippen LogP) is -1.57. The molecule has 0 saturated carbocycles. The largest absolute Gasteiger partial charge is 0.467 e. The molecule has 1 aromatic carbocycles. The standard InChI is InChI=1S/C9H17NO2Si2/c10-9(14-12-13)8(6-11)7-4-2-1-3-5-7/h1-5,8-9,11H,6,10,14H2,13H3. The Balaban J connectivity index is 2.71. The van der Waals surface area contributed by atoms with Gasteiger partial charge in [-0.05, 0) is 5.56 Å². The van der Waals surface area contributed by atoms with Gasteiger partial charge in [-0.25, -0.2) is 0 Å². The molecule has 3 N–H and O–H groups in total. The molecule has 0 aliphatic rings. The normalized spacial score (nSPS) is 16.1. The lowest BCUT2D eigenvalue weighted by Crippen LogP contribution is -2.37. The molecule has 3 nitrogen and oxygen atoms in total. The highest BCUT2D eigenvalue weighted by atomic mass is 28.3. The van der Waals surface area contributed by atoms with Crippen molar-refractivity contribution in [1.29, 1.82) is 0 Å². The van der Waals surface area contributed by atoms with Crippen molar-refractivity contribution in [1.82, 2.24) is 0 Å². The molecular weight excluding hydrogens is 210 g/mol. The predicted molar refractivity (Wildman–Crippen MR) is 63.8 cm³/mol. The van der Waals surface area contributed by atoms with Crippen LogP contribution in [-0.4, -0.2) is 37.6 Å². The maximum atomic E-state index is 9.27. The molecule has 78 valence electrons. The lowest BCUT2D eigenvalue weighted by atomic mass is 10.0. The average molecular weight is 227 g/mol. The molecule has 2 atom stereocenters. The molecular formula is C9H17NO2Si2. The summed E-state index contributed by atoms with van der Waals surface area (Å²) in [6.07, 6.45) is 0. The molecule has 0 aliphatic heterocycles. The minimum Gasteiger partial charge on any atom is -0.467 e. The van der Waals surface area contributed by atoms with E-state index in [0.717, 1.165) is 16.0 Å². The van der Waals surface area contributed by atoms with E-state index < -0.39 is 9.76 Å². The molecule has 0 aliphatic carbocycles. The van der Waals surface area contributed by atoms with Gasteiger partial charge in [-0.1, -0.05) is 30.3 Å². The second-order valence-electron chi connectivity index (χ2n) is 3.32. The van der Waals surface area contributed by atoms with Crippen LogP contribution >= 0.6 is 0 Å². The third kappa shape index (κ3) is 3.04. The van der Waals surface area contributed by atoms with Gasteiger partial charge in [-0.3, -0.25) is 0 Å². The van der Waals surface area contributed by atoms with Crippen LogP contribution in [0.3, 0.4) is 0 Å². The van der Waals surface area contributed by atoms with Gasteiger partial charge in [-0.15, -0.1) is 0 Å². The molecule has 2 unspecified atom stereocenters. The van der Waals surface area contributed by atoms with Crippen molar-refractivity contribution >= 4 is 20.2 Å². The number of nitrogens with two attached hydrogens (primary N) is 1. The Labute approximate surface area is 89.8 Å². The highest BCUT2D eigenvalue weighted by Crippen LogP contribution is 2.17. The first-order valence-electron chi connectivity index (χ1n) is 4.70. The molecule has 0 fully saturated rings. The number of aliphatic hydroxyl groups is 1. The fourth-order valence-electron chi connectivity index (χ4n) is 1.50. The van der Waals surface area contributed by atoms with E-state index in [2.05, 4.69) is 0 Å². The maximum absolute atomic E-state index is 9.27. The zero-order chi connectivity index (χ0) is 10.4. The van der Waals surface area contributed by atoms with Crippen LogP contribution in [0, 0.1) is 0 Å². The topological polar surface area (TPSA) is 55.5 Å². The fourth-order valence-corrected chi connectivity index (χ4v) is 3.69. The quantitative estimate of drug-likeness (QED) is 0.598. The third-order valence-corrected chi connectivity index (χ3v) is 4.59. The highest BCUT2D eigenvalue weighted by molar-refractivity contribution is 6.36. The van der Waals surface area contributed by atoms with E-state index in [1.54, 1.807) is 0 Å². The van der Waals surface area contributed by atoms with Crippen LogP contribution in [0.2, 0.25) is 0 Å². The van der Waals surface area contributed by atoms with Crippen LogP contribution in [0.25, 0.3) is 0 Å². The van der Waals surface area contributed by atoms with Crippen molar-refractivity contribution < 1.29 is 9.22 Å². The summed E-state index contributed by atoms with van der Waals surface area (Å²) in [5, 5.41) is 9.27. The first-order valence-corrected chi connectivity index (χ1v) is 6.91. The molecule has 0 amide bonds. The summed E-state index contributed by atoms with van der Waals surface area (Å²) in [6.45, 7) is 0.100. The summed E-state index contributed by atoms with van der Waals surface area (Å²) >= 11 is 0. The van der Waals surface area contributed by atoms with Crippen LogP contribution in [-0.2, 0) is 4.12 Å². The average Bonchev–Trinajstić information content (AvgIpc) is 2.21. The number of hydrogen-bond donors (Lipinski definition) is 2. The Morgan fingerprint density at radius 2 is 2.07 bits per heavy atom.